The Kier molecular flexibility index (Phi) is 3.28. The number of imide groups is 1. The first-order chi connectivity index (χ1) is 8.63. The fraction of sp³-hybridized carbons (Fsp3) is 0.308. The monoisotopic (exact) mass is 244 g/mol. The molecule has 1 aromatic rings. The lowest BCUT2D eigenvalue weighted by molar-refractivity contribution is -0.122. The third-order valence-corrected chi connectivity index (χ3v) is 2.77. The lowest BCUT2D eigenvalue weighted by Crippen LogP contribution is -2.29. The van der Waals surface area contributed by atoms with Crippen molar-refractivity contribution in [1.82, 2.24) is 0 Å². The van der Waals surface area contributed by atoms with Gasteiger partial charge in [-0.1, -0.05) is 6.92 Å². The highest BCUT2D eigenvalue weighted by molar-refractivity contribution is 6.20. The van der Waals surface area contributed by atoms with Gasteiger partial charge in [0.2, 0.25) is 11.8 Å². The van der Waals surface area contributed by atoms with E-state index in [9.17, 15) is 9.59 Å². The second kappa shape index (κ2) is 4.88. The zero-order chi connectivity index (χ0) is 13.1. The molecule has 92 valence electrons. The maximum atomic E-state index is 11.8. The van der Waals surface area contributed by atoms with Gasteiger partial charge in [0.05, 0.1) is 5.69 Å². The van der Waals surface area contributed by atoms with Crippen LogP contribution in [-0.2, 0) is 9.59 Å². The Labute approximate surface area is 105 Å². The smallest absolute Gasteiger partial charge is 0.237 e. The predicted octanol–water partition coefficient (Wildman–Crippen LogP) is 1.49. The van der Waals surface area contributed by atoms with Gasteiger partial charge in [-0.3, -0.25) is 14.5 Å². The van der Waals surface area contributed by atoms with Gasteiger partial charge in [-0.25, -0.2) is 0 Å². The van der Waals surface area contributed by atoms with Crippen LogP contribution in [0.4, 0.5) is 5.69 Å². The van der Waals surface area contributed by atoms with Crippen molar-refractivity contribution in [3.8, 4) is 11.8 Å². The quantitative estimate of drug-likeness (QED) is 0.755. The average Bonchev–Trinajstić information content (AvgIpc) is 2.62. The highest BCUT2D eigenvalue weighted by Crippen LogP contribution is 2.27. The number of hydrogen-bond donors (Lipinski definition) is 0. The molecule has 0 radical (unpaired) electrons. The van der Waals surface area contributed by atoms with E-state index in [1.165, 1.54) is 4.90 Å². The van der Waals surface area contributed by atoms with Crippen molar-refractivity contribution in [2.75, 3.05) is 11.5 Å². The van der Waals surface area contributed by atoms with Crippen molar-refractivity contribution in [3.05, 3.63) is 24.3 Å². The number of carbonyl (C=O) groups excluding carboxylic acids is 2. The van der Waals surface area contributed by atoms with Crippen molar-refractivity contribution in [1.29, 1.82) is 5.26 Å². The van der Waals surface area contributed by atoms with Crippen molar-refractivity contribution < 1.29 is 14.3 Å². The maximum absolute atomic E-state index is 11.8. The summed E-state index contributed by atoms with van der Waals surface area (Å²) in [5, 5.41) is 8.38. The van der Waals surface area contributed by atoms with Crippen LogP contribution in [0.2, 0.25) is 0 Å². The molecule has 1 atom stereocenters. The summed E-state index contributed by atoms with van der Waals surface area (Å²) in [5.41, 5.74) is 0.540. The number of anilines is 1. The molecule has 2 amide bonds. The molecular formula is C13H12N2O3. The van der Waals surface area contributed by atoms with Crippen molar-refractivity contribution in [2.45, 2.75) is 13.3 Å². The molecule has 0 N–H and O–H groups in total. The summed E-state index contributed by atoms with van der Waals surface area (Å²) >= 11 is 0. The molecule has 1 aliphatic rings. The number of hydrogen-bond acceptors (Lipinski definition) is 4. The largest absolute Gasteiger partial charge is 0.479 e. The molecule has 1 aromatic carbocycles. The summed E-state index contributed by atoms with van der Waals surface area (Å²) in [6, 6.07) is 8.41. The van der Waals surface area contributed by atoms with Crippen LogP contribution in [0, 0.1) is 17.2 Å². The van der Waals surface area contributed by atoms with Crippen LogP contribution in [0.3, 0.4) is 0 Å². The summed E-state index contributed by atoms with van der Waals surface area (Å²) < 4.78 is 5.10. The third kappa shape index (κ3) is 2.18. The van der Waals surface area contributed by atoms with Gasteiger partial charge >= 0.3 is 0 Å². The van der Waals surface area contributed by atoms with E-state index in [0.717, 1.165) is 0 Å². The second-order valence-electron chi connectivity index (χ2n) is 4.11. The zero-order valence-corrected chi connectivity index (χ0v) is 9.92. The third-order valence-electron chi connectivity index (χ3n) is 2.77. The van der Waals surface area contributed by atoms with Gasteiger partial charge in [-0.15, -0.1) is 0 Å². The SMILES string of the molecule is CC1CC(=O)N(c2ccc(OCC#N)cc2)C1=O. The van der Waals surface area contributed by atoms with Crippen LogP contribution in [0.5, 0.6) is 5.75 Å². The zero-order valence-electron chi connectivity index (χ0n) is 9.92. The van der Waals surface area contributed by atoms with Gasteiger partial charge in [-0.05, 0) is 24.3 Å². The number of rotatable bonds is 3. The summed E-state index contributed by atoms with van der Waals surface area (Å²) in [6.07, 6.45) is 0.255. The molecule has 1 aliphatic heterocycles. The van der Waals surface area contributed by atoms with E-state index in [1.807, 2.05) is 6.07 Å². The van der Waals surface area contributed by atoms with E-state index < -0.39 is 0 Å². The van der Waals surface area contributed by atoms with E-state index in [0.29, 0.717) is 11.4 Å². The van der Waals surface area contributed by atoms with Gasteiger partial charge in [0, 0.05) is 12.3 Å². The van der Waals surface area contributed by atoms with E-state index in [2.05, 4.69) is 0 Å². The molecule has 1 unspecified atom stereocenters. The van der Waals surface area contributed by atoms with E-state index in [-0.39, 0.29) is 30.8 Å². The first-order valence-corrected chi connectivity index (χ1v) is 5.60. The van der Waals surface area contributed by atoms with Gasteiger partial charge < -0.3 is 4.74 Å². The summed E-state index contributed by atoms with van der Waals surface area (Å²) in [7, 11) is 0. The standard InChI is InChI=1S/C13H12N2O3/c1-9-8-12(16)15(13(9)17)10-2-4-11(5-3-10)18-7-6-14/h2-5,9H,7-8H2,1H3. The molecule has 0 bridgehead atoms. The first-order valence-electron chi connectivity index (χ1n) is 5.60. The minimum Gasteiger partial charge on any atom is -0.479 e. The van der Waals surface area contributed by atoms with Gasteiger partial charge in [-0.2, -0.15) is 5.26 Å². The van der Waals surface area contributed by atoms with Crippen LogP contribution in [0.25, 0.3) is 0 Å². The number of ether oxygens (including phenoxy) is 1. The molecule has 1 saturated heterocycles. The highest BCUT2D eigenvalue weighted by Gasteiger charge is 2.36. The molecule has 0 aromatic heterocycles. The topological polar surface area (TPSA) is 70.4 Å². The Hall–Kier alpha value is -2.35. The fourth-order valence-electron chi connectivity index (χ4n) is 1.86. The molecule has 0 saturated carbocycles. The van der Waals surface area contributed by atoms with Crippen LogP contribution in [0.1, 0.15) is 13.3 Å². The summed E-state index contributed by atoms with van der Waals surface area (Å²) in [4.78, 5) is 24.7. The minimum atomic E-state index is -0.257. The molecule has 0 spiro atoms. The first kappa shape index (κ1) is 12.1. The lowest BCUT2D eigenvalue weighted by Gasteiger charge is -2.14. The molecule has 18 heavy (non-hydrogen) atoms. The lowest BCUT2D eigenvalue weighted by atomic mass is 10.1. The number of amides is 2. The van der Waals surface area contributed by atoms with Gasteiger partial charge in [0.1, 0.15) is 11.8 Å². The van der Waals surface area contributed by atoms with Gasteiger partial charge in [0.25, 0.3) is 0 Å². The fourth-order valence-corrected chi connectivity index (χ4v) is 1.86. The Bertz CT molecular complexity index is 516. The summed E-state index contributed by atoms with van der Waals surface area (Å²) in [6.45, 7) is 1.71. The number of nitrogens with zero attached hydrogens (tertiary/aromatic N) is 2. The number of carbonyl (C=O) groups is 2. The number of benzene rings is 1. The minimum absolute atomic E-state index is 0.0298. The Balaban J connectivity index is 2.17. The van der Waals surface area contributed by atoms with Crippen molar-refractivity contribution >= 4 is 17.5 Å². The number of nitriles is 1. The van der Waals surface area contributed by atoms with E-state index in [4.69, 9.17) is 10.00 Å². The van der Waals surface area contributed by atoms with Crippen LogP contribution < -0.4 is 9.64 Å². The van der Waals surface area contributed by atoms with E-state index >= 15 is 0 Å². The average molecular weight is 244 g/mol. The molecule has 5 heteroatoms. The van der Waals surface area contributed by atoms with Gasteiger partial charge in [0.15, 0.2) is 6.61 Å². The van der Waals surface area contributed by atoms with Crippen LogP contribution in [0.15, 0.2) is 24.3 Å². The van der Waals surface area contributed by atoms with Crippen LogP contribution >= 0.6 is 0 Å². The molecule has 1 heterocycles. The van der Waals surface area contributed by atoms with Crippen molar-refractivity contribution in [2.24, 2.45) is 5.92 Å². The molecule has 2 rings (SSSR count). The second-order valence-corrected chi connectivity index (χ2v) is 4.11. The van der Waals surface area contributed by atoms with Crippen LogP contribution in [-0.4, -0.2) is 18.4 Å². The highest BCUT2D eigenvalue weighted by atomic mass is 16.5. The van der Waals surface area contributed by atoms with Crippen molar-refractivity contribution in [3.63, 3.8) is 0 Å². The van der Waals surface area contributed by atoms with E-state index in [1.54, 1.807) is 31.2 Å². The maximum Gasteiger partial charge on any atom is 0.237 e. The predicted molar refractivity (Wildman–Crippen MR) is 63.8 cm³/mol. The Morgan fingerprint density at radius 3 is 2.56 bits per heavy atom. The summed E-state index contributed by atoms with van der Waals surface area (Å²) in [5.74, 6) is -0.0802. The molecule has 1 fully saturated rings. The Morgan fingerprint density at radius 1 is 1.39 bits per heavy atom. The molecular weight excluding hydrogens is 232 g/mol. The molecule has 5 nitrogen and oxygen atoms in total. The Morgan fingerprint density at radius 2 is 2.06 bits per heavy atom. The molecule has 0 aliphatic carbocycles. The normalized spacial score (nSPS) is 18.9.